The Morgan fingerprint density at radius 1 is 0.652 bits per heavy atom. The lowest BCUT2D eigenvalue weighted by molar-refractivity contribution is 1.12. The van der Waals surface area contributed by atoms with E-state index in [1.165, 1.54) is 39.0 Å². The highest BCUT2D eigenvalue weighted by atomic mass is 15.0. The van der Waals surface area contributed by atoms with E-state index in [9.17, 15) is 0 Å². The summed E-state index contributed by atoms with van der Waals surface area (Å²) in [5.41, 5.74) is 7.52. The Bertz CT molecular complexity index is 957. The van der Waals surface area contributed by atoms with Crippen molar-refractivity contribution < 1.29 is 0 Å². The summed E-state index contributed by atoms with van der Waals surface area (Å²) in [6.07, 6.45) is 0. The van der Waals surface area contributed by atoms with Crippen molar-refractivity contribution in [2.75, 3.05) is 0 Å². The number of para-hydroxylation sites is 1. The predicted octanol–water partition coefficient (Wildman–Crippen LogP) is 5.91. The molecule has 0 atom stereocenters. The molecule has 0 radical (unpaired) electrons. The molecular formula is C22H19N. The molecule has 1 nitrogen and oxygen atoms in total. The molecule has 0 saturated heterocycles. The molecule has 0 unspecified atom stereocenters. The first-order chi connectivity index (χ1) is 11.2. The van der Waals surface area contributed by atoms with Crippen molar-refractivity contribution in [1.29, 1.82) is 0 Å². The van der Waals surface area contributed by atoms with Gasteiger partial charge in [-0.25, -0.2) is 0 Å². The highest BCUT2D eigenvalue weighted by Gasteiger charge is 2.12. The molecule has 112 valence electrons. The van der Waals surface area contributed by atoms with Crippen LogP contribution in [0.3, 0.4) is 0 Å². The summed E-state index contributed by atoms with van der Waals surface area (Å²) in [5, 5.41) is 1.27. The second-order valence-corrected chi connectivity index (χ2v) is 6.14. The third-order valence-corrected chi connectivity index (χ3v) is 4.24. The van der Waals surface area contributed by atoms with Crippen LogP contribution in [0.4, 0.5) is 0 Å². The van der Waals surface area contributed by atoms with E-state index in [1.54, 1.807) is 0 Å². The second kappa shape index (κ2) is 5.44. The molecule has 1 heterocycles. The van der Waals surface area contributed by atoms with E-state index >= 15 is 0 Å². The fourth-order valence-corrected chi connectivity index (χ4v) is 3.33. The van der Waals surface area contributed by atoms with Gasteiger partial charge in [-0.2, -0.15) is 0 Å². The molecule has 1 aromatic heterocycles. The normalized spacial score (nSPS) is 11.0. The maximum absolute atomic E-state index is 2.37. The molecule has 0 aliphatic heterocycles. The monoisotopic (exact) mass is 297 g/mol. The lowest BCUT2D eigenvalue weighted by atomic mass is 10.1. The topological polar surface area (TPSA) is 4.93 Å². The van der Waals surface area contributed by atoms with Gasteiger partial charge in [-0.15, -0.1) is 0 Å². The Hall–Kier alpha value is -2.80. The number of hydrogen-bond donors (Lipinski definition) is 0. The van der Waals surface area contributed by atoms with Gasteiger partial charge in [0.1, 0.15) is 0 Å². The Kier molecular flexibility index (Phi) is 3.27. The van der Waals surface area contributed by atoms with Gasteiger partial charge in [0.2, 0.25) is 0 Å². The molecule has 0 fully saturated rings. The zero-order valence-electron chi connectivity index (χ0n) is 13.5. The van der Waals surface area contributed by atoms with Crippen molar-refractivity contribution in [3.8, 4) is 16.9 Å². The molecule has 0 N–H and O–H groups in total. The van der Waals surface area contributed by atoms with E-state index in [2.05, 4.69) is 97.3 Å². The van der Waals surface area contributed by atoms with E-state index in [-0.39, 0.29) is 0 Å². The highest BCUT2D eigenvalue weighted by molar-refractivity contribution is 5.89. The largest absolute Gasteiger partial charge is 0.309 e. The van der Waals surface area contributed by atoms with Gasteiger partial charge in [0.15, 0.2) is 0 Å². The molecule has 3 aromatic carbocycles. The fourth-order valence-electron chi connectivity index (χ4n) is 3.33. The molecular weight excluding hydrogens is 278 g/mol. The van der Waals surface area contributed by atoms with E-state index in [0.717, 1.165) is 0 Å². The van der Waals surface area contributed by atoms with Crippen molar-refractivity contribution in [3.05, 3.63) is 90.0 Å². The first-order valence-electron chi connectivity index (χ1n) is 7.97. The average Bonchev–Trinajstić information content (AvgIpc) is 2.94. The van der Waals surface area contributed by atoms with Crippen LogP contribution in [-0.2, 0) is 0 Å². The van der Waals surface area contributed by atoms with Crippen molar-refractivity contribution in [2.24, 2.45) is 0 Å². The lowest BCUT2D eigenvalue weighted by Crippen LogP contribution is -1.98. The van der Waals surface area contributed by atoms with Crippen LogP contribution in [0.2, 0.25) is 0 Å². The molecule has 0 spiro atoms. The summed E-state index contributed by atoms with van der Waals surface area (Å²) in [7, 11) is 0. The molecule has 0 amide bonds. The van der Waals surface area contributed by atoms with Gasteiger partial charge in [0.05, 0.1) is 11.2 Å². The maximum atomic E-state index is 2.37. The van der Waals surface area contributed by atoms with Gasteiger partial charge in [0, 0.05) is 11.1 Å². The fraction of sp³-hybridized carbons (Fsp3) is 0.0909. The Balaban J connectivity index is 2.07. The number of rotatable bonds is 2. The van der Waals surface area contributed by atoms with Crippen LogP contribution in [0, 0.1) is 13.8 Å². The van der Waals surface area contributed by atoms with Gasteiger partial charge >= 0.3 is 0 Å². The van der Waals surface area contributed by atoms with E-state index in [1.807, 2.05) is 0 Å². The minimum atomic E-state index is 1.22. The van der Waals surface area contributed by atoms with Crippen molar-refractivity contribution in [1.82, 2.24) is 4.57 Å². The third-order valence-electron chi connectivity index (χ3n) is 4.24. The van der Waals surface area contributed by atoms with Crippen LogP contribution in [0.25, 0.3) is 27.8 Å². The Morgan fingerprint density at radius 3 is 2.04 bits per heavy atom. The van der Waals surface area contributed by atoms with Crippen LogP contribution in [0.15, 0.2) is 78.9 Å². The molecule has 4 aromatic rings. The van der Waals surface area contributed by atoms with E-state index in [4.69, 9.17) is 0 Å². The maximum Gasteiger partial charge on any atom is 0.0540 e. The van der Waals surface area contributed by atoms with Gasteiger partial charge < -0.3 is 4.57 Å². The molecule has 4 rings (SSSR count). The molecule has 0 aliphatic carbocycles. The minimum absolute atomic E-state index is 1.22. The predicted molar refractivity (Wildman–Crippen MR) is 98.2 cm³/mol. The van der Waals surface area contributed by atoms with Gasteiger partial charge in [-0.3, -0.25) is 0 Å². The highest BCUT2D eigenvalue weighted by Crippen LogP contribution is 2.32. The number of nitrogens with zero attached hydrogens (tertiary/aromatic N) is 1. The van der Waals surface area contributed by atoms with Crippen molar-refractivity contribution in [2.45, 2.75) is 13.8 Å². The summed E-state index contributed by atoms with van der Waals surface area (Å²) in [6, 6.07) is 28.2. The van der Waals surface area contributed by atoms with E-state index in [0.29, 0.717) is 0 Å². The standard InChI is InChI=1S/C22H19N/c1-16-12-17(2)14-20(13-16)23-21-11-7-6-10-19(21)15-22(23)18-8-4-3-5-9-18/h3-15H,1-2H3. The summed E-state index contributed by atoms with van der Waals surface area (Å²) < 4.78 is 2.37. The smallest absolute Gasteiger partial charge is 0.0540 e. The molecule has 0 saturated carbocycles. The summed E-state index contributed by atoms with van der Waals surface area (Å²) in [4.78, 5) is 0. The van der Waals surface area contributed by atoms with Crippen LogP contribution in [0.5, 0.6) is 0 Å². The number of fused-ring (bicyclic) bond motifs is 1. The van der Waals surface area contributed by atoms with Crippen LogP contribution >= 0.6 is 0 Å². The SMILES string of the molecule is Cc1cc(C)cc(-n2c(-c3ccccc3)cc3ccccc32)c1. The van der Waals surface area contributed by atoms with Crippen molar-refractivity contribution >= 4 is 10.9 Å². The van der Waals surface area contributed by atoms with Gasteiger partial charge in [-0.05, 0) is 54.8 Å². The van der Waals surface area contributed by atoms with E-state index < -0.39 is 0 Å². The number of aryl methyl sites for hydroxylation is 2. The van der Waals surface area contributed by atoms with Crippen molar-refractivity contribution in [3.63, 3.8) is 0 Å². The number of benzene rings is 3. The number of hydrogen-bond acceptors (Lipinski definition) is 0. The second-order valence-electron chi connectivity index (χ2n) is 6.14. The number of aromatic nitrogens is 1. The van der Waals surface area contributed by atoms with Crippen LogP contribution in [-0.4, -0.2) is 4.57 Å². The first kappa shape index (κ1) is 13.8. The van der Waals surface area contributed by atoms with Crippen LogP contribution < -0.4 is 0 Å². The van der Waals surface area contributed by atoms with Gasteiger partial charge in [-0.1, -0.05) is 54.6 Å². The van der Waals surface area contributed by atoms with Crippen LogP contribution in [0.1, 0.15) is 11.1 Å². The lowest BCUT2D eigenvalue weighted by Gasteiger charge is -2.13. The average molecular weight is 297 g/mol. The molecule has 1 heteroatoms. The molecule has 23 heavy (non-hydrogen) atoms. The summed E-state index contributed by atoms with van der Waals surface area (Å²) in [5.74, 6) is 0. The molecule has 0 aliphatic rings. The quantitative estimate of drug-likeness (QED) is 0.433. The molecule has 0 bridgehead atoms. The third kappa shape index (κ3) is 2.44. The minimum Gasteiger partial charge on any atom is -0.309 e. The first-order valence-corrected chi connectivity index (χ1v) is 7.97. The zero-order chi connectivity index (χ0) is 15.8. The zero-order valence-corrected chi connectivity index (χ0v) is 13.5. The summed E-state index contributed by atoms with van der Waals surface area (Å²) >= 11 is 0. The Morgan fingerprint density at radius 2 is 1.30 bits per heavy atom. The summed E-state index contributed by atoms with van der Waals surface area (Å²) in [6.45, 7) is 4.31. The Labute approximate surface area is 136 Å². The van der Waals surface area contributed by atoms with Gasteiger partial charge in [0.25, 0.3) is 0 Å².